The Morgan fingerprint density at radius 2 is 1.96 bits per heavy atom. The molecule has 1 aliphatic carbocycles. The number of ketones is 1. The van der Waals surface area contributed by atoms with Crippen molar-refractivity contribution >= 4 is 17.7 Å². The molecule has 0 aromatic rings. The molecule has 0 aromatic heterocycles. The van der Waals surface area contributed by atoms with E-state index in [1.54, 1.807) is 7.05 Å². The molecule has 0 heterocycles. The number of urea groups is 1. The van der Waals surface area contributed by atoms with E-state index in [4.69, 9.17) is 0 Å². The number of Topliss-reactive ketones (excluding diaryl/α,β-unsaturated/α-hetero) is 1. The van der Waals surface area contributed by atoms with Gasteiger partial charge in [-0.05, 0) is 60.2 Å². The maximum atomic E-state index is 13.0. The number of rotatable bonds is 9. The molecule has 7 nitrogen and oxygen atoms in total. The summed E-state index contributed by atoms with van der Waals surface area (Å²) in [6, 6.07) is -0.152. The van der Waals surface area contributed by atoms with E-state index in [1.165, 1.54) is 4.90 Å². The van der Waals surface area contributed by atoms with Gasteiger partial charge < -0.3 is 15.5 Å². The van der Waals surface area contributed by atoms with Gasteiger partial charge in [0.05, 0.1) is 5.92 Å². The zero-order chi connectivity index (χ0) is 19.7. The highest BCUT2D eigenvalue weighted by Crippen LogP contribution is 2.28. The van der Waals surface area contributed by atoms with E-state index in [1.807, 2.05) is 32.8 Å². The Morgan fingerprint density at radius 1 is 1.27 bits per heavy atom. The van der Waals surface area contributed by atoms with Gasteiger partial charge in [-0.3, -0.25) is 14.5 Å². The third-order valence-electron chi connectivity index (χ3n) is 5.26. The molecule has 0 spiro atoms. The van der Waals surface area contributed by atoms with E-state index < -0.39 is 0 Å². The number of nitrogens with zero attached hydrogens (tertiary/aromatic N) is 2. The lowest BCUT2D eigenvalue weighted by molar-refractivity contribution is -0.133. The van der Waals surface area contributed by atoms with E-state index in [0.717, 1.165) is 12.8 Å². The average Bonchev–Trinajstić information content (AvgIpc) is 2.59. The zero-order valence-corrected chi connectivity index (χ0v) is 17.0. The maximum absolute atomic E-state index is 13.0. The van der Waals surface area contributed by atoms with Gasteiger partial charge >= 0.3 is 6.03 Å². The molecule has 3 amide bonds. The van der Waals surface area contributed by atoms with Crippen LogP contribution in [0.15, 0.2) is 0 Å². The van der Waals surface area contributed by atoms with Crippen molar-refractivity contribution in [3.63, 3.8) is 0 Å². The summed E-state index contributed by atoms with van der Waals surface area (Å²) in [6.07, 6.45) is 3.77. The molecule has 0 saturated heterocycles. The molecule has 0 radical (unpaired) electrons. The minimum absolute atomic E-state index is 0.158. The zero-order valence-electron chi connectivity index (χ0n) is 17.0. The molecule has 2 N–H and O–H groups in total. The van der Waals surface area contributed by atoms with Crippen LogP contribution in [0.25, 0.3) is 0 Å². The van der Waals surface area contributed by atoms with E-state index in [2.05, 4.69) is 10.6 Å². The lowest BCUT2D eigenvalue weighted by Gasteiger charge is -2.29. The Hall–Kier alpha value is -1.47. The van der Waals surface area contributed by atoms with Crippen molar-refractivity contribution in [1.82, 2.24) is 20.4 Å². The lowest BCUT2D eigenvalue weighted by Crippen LogP contribution is -2.50. The number of likely N-dealkylation sites (N-methyl/N-ethyl adjacent to an activating group) is 1. The van der Waals surface area contributed by atoms with E-state index >= 15 is 0 Å². The van der Waals surface area contributed by atoms with Gasteiger partial charge in [0, 0.05) is 38.5 Å². The smallest absolute Gasteiger partial charge is 0.324 e. The summed E-state index contributed by atoms with van der Waals surface area (Å²) >= 11 is 0. The summed E-state index contributed by atoms with van der Waals surface area (Å²) in [4.78, 5) is 40.5. The Labute approximate surface area is 157 Å². The molecule has 1 fully saturated rings. The number of hydrogen-bond donors (Lipinski definition) is 2. The van der Waals surface area contributed by atoms with Gasteiger partial charge in [0.15, 0.2) is 0 Å². The molecule has 26 heavy (non-hydrogen) atoms. The second-order valence-electron chi connectivity index (χ2n) is 7.57. The van der Waals surface area contributed by atoms with Gasteiger partial charge in [-0.2, -0.15) is 0 Å². The molecule has 1 aliphatic rings. The van der Waals surface area contributed by atoms with Crippen LogP contribution in [0.3, 0.4) is 0 Å². The minimum atomic E-state index is -0.341. The van der Waals surface area contributed by atoms with Crippen molar-refractivity contribution in [1.29, 1.82) is 0 Å². The molecular formula is C19H36N4O3. The number of imide groups is 1. The van der Waals surface area contributed by atoms with Crippen LogP contribution < -0.4 is 10.6 Å². The van der Waals surface area contributed by atoms with Gasteiger partial charge in [0.2, 0.25) is 5.91 Å². The van der Waals surface area contributed by atoms with Crippen LogP contribution in [-0.4, -0.2) is 74.3 Å². The number of amides is 3. The molecule has 1 saturated carbocycles. The summed E-state index contributed by atoms with van der Waals surface area (Å²) in [7, 11) is 5.71. The number of carbonyl (C=O) groups is 3. The van der Waals surface area contributed by atoms with Crippen molar-refractivity contribution in [2.24, 2.45) is 11.8 Å². The molecule has 0 bridgehead atoms. The second-order valence-corrected chi connectivity index (χ2v) is 7.57. The standard InChI is InChI=1S/C19H36N4O3/c1-6-23(19(26)21-12-14(2)22(4)5)18(25)16(13-20-3)10-15-8-7-9-17(24)11-15/h14-16,20H,6-13H2,1-5H3,(H,21,26)/t14-,15?,16?/m0/s1. The molecule has 3 atom stereocenters. The summed E-state index contributed by atoms with van der Waals surface area (Å²) in [6.45, 7) is 5.17. The quantitative estimate of drug-likeness (QED) is 0.644. The van der Waals surface area contributed by atoms with Crippen molar-refractivity contribution in [2.45, 2.75) is 52.0 Å². The maximum Gasteiger partial charge on any atom is 0.324 e. The fraction of sp³-hybridized carbons (Fsp3) is 0.842. The first kappa shape index (κ1) is 22.6. The normalized spacial score (nSPS) is 19.9. The topological polar surface area (TPSA) is 81.8 Å². The third-order valence-corrected chi connectivity index (χ3v) is 5.26. The molecule has 0 aromatic carbocycles. The highest BCUT2D eigenvalue weighted by Gasteiger charge is 2.31. The average molecular weight is 369 g/mol. The fourth-order valence-electron chi connectivity index (χ4n) is 3.37. The Kier molecular flexibility index (Phi) is 9.80. The first-order valence-electron chi connectivity index (χ1n) is 9.72. The lowest BCUT2D eigenvalue weighted by atomic mass is 9.81. The van der Waals surface area contributed by atoms with Crippen LogP contribution >= 0.6 is 0 Å². The van der Waals surface area contributed by atoms with Crippen molar-refractivity contribution < 1.29 is 14.4 Å². The predicted molar refractivity (Wildman–Crippen MR) is 103 cm³/mol. The van der Waals surface area contributed by atoms with Gasteiger partial charge in [0.25, 0.3) is 0 Å². The van der Waals surface area contributed by atoms with Gasteiger partial charge in [0.1, 0.15) is 5.78 Å². The first-order chi connectivity index (χ1) is 12.3. The van der Waals surface area contributed by atoms with Crippen molar-refractivity contribution in [3.8, 4) is 0 Å². The van der Waals surface area contributed by atoms with Crippen molar-refractivity contribution in [2.75, 3.05) is 40.8 Å². The van der Waals surface area contributed by atoms with Crippen LogP contribution in [0.1, 0.15) is 46.0 Å². The Morgan fingerprint density at radius 3 is 2.50 bits per heavy atom. The fourth-order valence-corrected chi connectivity index (χ4v) is 3.37. The minimum Gasteiger partial charge on any atom is -0.336 e. The van der Waals surface area contributed by atoms with Crippen molar-refractivity contribution in [3.05, 3.63) is 0 Å². The van der Waals surface area contributed by atoms with Crippen LogP contribution in [0.4, 0.5) is 4.79 Å². The number of hydrogen-bond acceptors (Lipinski definition) is 5. The van der Waals surface area contributed by atoms with Crippen LogP contribution in [-0.2, 0) is 9.59 Å². The molecule has 150 valence electrons. The Bertz CT molecular complexity index is 481. The van der Waals surface area contributed by atoms with Gasteiger partial charge in [-0.1, -0.05) is 0 Å². The third kappa shape index (κ3) is 7.03. The monoisotopic (exact) mass is 368 g/mol. The largest absolute Gasteiger partial charge is 0.336 e. The first-order valence-corrected chi connectivity index (χ1v) is 9.72. The summed E-state index contributed by atoms with van der Waals surface area (Å²) in [5.41, 5.74) is 0. The molecule has 7 heteroatoms. The number of nitrogens with one attached hydrogen (secondary N) is 2. The molecule has 0 aliphatic heterocycles. The summed E-state index contributed by atoms with van der Waals surface area (Å²) in [5.74, 6) is 0.0940. The van der Waals surface area contributed by atoms with Crippen LogP contribution in [0.2, 0.25) is 0 Å². The SMILES string of the molecule is CCN(C(=O)NC[C@H](C)N(C)C)C(=O)C(CNC)CC1CCCC(=O)C1. The van der Waals surface area contributed by atoms with Crippen LogP contribution in [0.5, 0.6) is 0 Å². The highest BCUT2D eigenvalue weighted by atomic mass is 16.2. The summed E-state index contributed by atoms with van der Waals surface area (Å²) in [5, 5.41) is 5.92. The second kappa shape index (κ2) is 11.3. The number of carbonyl (C=O) groups excluding carboxylic acids is 3. The van der Waals surface area contributed by atoms with E-state index in [-0.39, 0.29) is 29.8 Å². The molecule has 1 rings (SSSR count). The predicted octanol–water partition coefficient (Wildman–Crippen LogP) is 1.48. The van der Waals surface area contributed by atoms with Gasteiger partial charge in [-0.15, -0.1) is 0 Å². The molecule has 2 unspecified atom stereocenters. The van der Waals surface area contributed by atoms with Crippen LogP contribution in [0, 0.1) is 11.8 Å². The van der Waals surface area contributed by atoms with E-state index in [9.17, 15) is 14.4 Å². The Balaban J connectivity index is 2.70. The highest BCUT2D eigenvalue weighted by molar-refractivity contribution is 5.95. The molecular weight excluding hydrogens is 332 g/mol. The van der Waals surface area contributed by atoms with Gasteiger partial charge in [-0.25, -0.2) is 4.79 Å². The summed E-state index contributed by atoms with van der Waals surface area (Å²) < 4.78 is 0. The van der Waals surface area contributed by atoms with E-state index in [0.29, 0.717) is 44.7 Å².